The summed E-state index contributed by atoms with van der Waals surface area (Å²) in [5, 5.41) is 4.03. The molecule has 1 amide bonds. The molecule has 1 aliphatic carbocycles. The van der Waals surface area contributed by atoms with Crippen molar-refractivity contribution in [2.45, 2.75) is 25.3 Å². The van der Waals surface area contributed by atoms with Crippen LogP contribution in [0, 0.1) is 0 Å². The van der Waals surface area contributed by atoms with E-state index in [9.17, 15) is 9.59 Å². The number of Topliss-reactive ketones (excluding diaryl/α,β-unsaturated/α-hetero) is 1. The highest BCUT2D eigenvalue weighted by Crippen LogP contribution is 2.47. The number of halogens is 2. The van der Waals surface area contributed by atoms with Gasteiger partial charge in [0, 0.05) is 33.8 Å². The van der Waals surface area contributed by atoms with Gasteiger partial charge in [-0.3, -0.25) is 14.5 Å². The van der Waals surface area contributed by atoms with Gasteiger partial charge in [-0.1, -0.05) is 41.9 Å². The van der Waals surface area contributed by atoms with Crippen molar-refractivity contribution < 1.29 is 26.7 Å². The molecular weight excluding hydrogens is 471 g/mol. The fourth-order valence-electron chi connectivity index (χ4n) is 4.68. The van der Waals surface area contributed by atoms with Crippen molar-refractivity contribution in [1.82, 2.24) is 0 Å². The summed E-state index contributed by atoms with van der Waals surface area (Å²) in [6.45, 7) is 0. The zero-order chi connectivity index (χ0) is 22.9. The van der Waals surface area contributed by atoms with Gasteiger partial charge >= 0.3 is 0 Å². The molecule has 2 aliphatic rings. The summed E-state index contributed by atoms with van der Waals surface area (Å²) in [5.74, 6) is 0.450. The van der Waals surface area contributed by atoms with E-state index in [0.717, 1.165) is 29.8 Å². The van der Waals surface area contributed by atoms with Crippen molar-refractivity contribution in [1.29, 1.82) is 0 Å². The number of benzene rings is 3. The Kier molecular flexibility index (Phi) is 6.96. The van der Waals surface area contributed by atoms with Crippen LogP contribution in [0.5, 0.6) is 5.75 Å². The molecule has 0 saturated heterocycles. The first-order chi connectivity index (χ1) is 16.1. The second-order valence-corrected chi connectivity index (χ2v) is 8.57. The molecule has 3 aromatic carbocycles. The number of ether oxygens (including phenoxy) is 1. The number of hydrogen-bond donors (Lipinski definition) is 1. The number of nitrogens with zero attached hydrogens (tertiary/aromatic N) is 1. The first kappa shape index (κ1) is 23.9. The van der Waals surface area contributed by atoms with Crippen LogP contribution in [0.1, 0.15) is 41.2 Å². The smallest absolute Gasteiger partial charge is 0.259 e. The van der Waals surface area contributed by atoms with E-state index in [1.807, 2.05) is 48.5 Å². The first-order valence-electron chi connectivity index (χ1n) is 10.9. The van der Waals surface area contributed by atoms with E-state index in [4.69, 9.17) is 16.3 Å². The van der Waals surface area contributed by atoms with Crippen molar-refractivity contribution in [3.63, 3.8) is 0 Å². The number of methoxy groups -OCH3 is 1. The van der Waals surface area contributed by atoms with Crippen LogP contribution in [0.25, 0.3) is 0 Å². The molecule has 5 rings (SSSR count). The number of carbonyl (C=O) groups is 2. The molecule has 1 N–H and O–H groups in total. The number of para-hydroxylation sites is 3. The van der Waals surface area contributed by atoms with Crippen LogP contribution in [0.4, 0.5) is 11.4 Å². The lowest BCUT2D eigenvalue weighted by atomic mass is 9.85. The monoisotopic (exact) mass is 493 g/mol. The van der Waals surface area contributed by atoms with Crippen LogP contribution in [0.2, 0.25) is 5.02 Å². The first-order valence-corrected chi connectivity index (χ1v) is 11.3. The summed E-state index contributed by atoms with van der Waals surface area (Å²) in [7, 11) is 1.60. The van der Waals surface area contributed by atoms with Gasteiger partial charge in [-0.2, -0.15) is 0 Å². The minimum absolute atomic E-state index is 0. The Labute approximate surface area is 209 Å². The molecule has 3 aromatic rings. The number of ketones is 1. The molecule has 1 unspecified atom stereocenters. The second kappa shape index (κ2) is 9.92. The third-order valence-electron chi connectivity index (χ3n) is 6.18. The van der Waals surface area contributed by atoms with E-state index < -0.39 is 6.04 Å². The molecule has 0 radical (unpaired) electrons. The minimum atomic E-state index is -0.636. The molecular formula is C27H23Cl2N2O3-. The maximum atomic E-state index is 14.1. The predicted molar refractivity (Wildman–Crippen MR) is 130 cm³/mol. The molecule has 1 aliphatic heterocycles. The summed E-state index contributed by atoms with van der Waals surface area (Å²) >= 11 is 6.08. The van der Waals surface area contributed by atoms with Crippen LogP contribution >= 0.6 is 11.6 Å². The Bertz CT molecular complexity index is 1270. The molecule has 34 heavy (non-hydrogen) atoms. The van der Waals surface area contributed by atoms with E-state index in [0.29, 0.717) is 34.0 Å². The van der Waals surface area contributed by atoms with Crippen molar-refractivity contribution in [2.75, 3.05) is 17.3 Å². The van der Waals surface area contributed by atoms with Gasteiger partial charge in [0.15, 0.2) is 5.78 Å². The molecule has 0 saturated carbocycles. The highest BCUT2D eigenvalue weighted by molar-refractivity contribution is 6.30. The average molecular weight is 494 g/mol. The molecule has 0 spiro atoms. The Morgan fingerprint density at radius 3 is 2.47 bits per heavy atom. The number of allylic oxidation sites excluding steroid dienone is 1. The molecule has 0 aromatic heterocycles. The van der Waals surface area contributed by atoms with Crippen LogP contribution in [0.15, 0.2) is 84.1 Å². The van der Waals surface area contributed by atoms with Gasteiger partial charge in [0.2, 0.25) is 0 Å². The number of anilines is 2. The lowest BCUT2D eigenvalue weighted by molar-refractivity contribution is -0.116. The van der Waals surface area contributed by atoms with Crippen molar-refractivity contribution >= 4 is 34.7 Å². The Morgan fingerprint density at radius 2 is 1.71 bits per heavy atom. The molecule has 0 fully saturated rings. The normalized spacial score (nSPS) is 17.1. The van der Waals surface area contributed by atoms with Gasteiger partial charge in [0.05, 0.1) is 24.5 Å². The fourth-order valence-corrected chi connectivity index (χ4v) is 4.80. The molecule has 1 heterocycles. The largest absolute Gasteiger partial charge is 1.00 e. The lowest BCUT2D eigenvalue weighted by Gasteiger charge is -2.34. The molecule has 0 bridgehead atoms. The number of amides is 1. The molecule has 5 nitrogen and oxygen atoms in total. The van der Waals surface area contributed by atoms with Gasteiger partial charge in [0.1, 0.15) is 5.75 Å². The van der Waals surface area contributed by atoms with Crippen molar-refractivity contribution in [2.24, 2.45) is 0 Å². The summed E-state index contributed by atoms with van der Waals surface area (Å²) in [4.78, 5) is 29.2. The third-order valence-corrected chi connectivity index (χ3v) is 6.43. The van der Waals surface area contributed by atoms with Crippen LogP contribution in [-0.2, 0) is 4.79 Å². The lowest BCUT2D eigenvalue weighted by Crippen LogP contribution is -3.00. The summed E-state index contributed by atoms with van der Waals surface area (Å²) in [6.07, 6.45) is 1.96. The van der Waals surface area contributed by atoms with Crippen molar-refractivity contribution in [3.8, 4) is 5.75 Å². The SMILES string of the molecule is COc1ccccc1C1C2=C(CCCC2=O)Nc2ccccc2N1C(=O)c1ccc(Cl)cc1.[Cl-]. The summed E-state index contributed by atoms with van der Waals surface area (Å²) in [5.41, 5.74) is 4.23. The van der Waals surface area contributed by atoms with Crippen LogP contribution < -0.4 is 27.4 Å². The topological polar surface area (TPSA) is 58.6 Å². The summed E-state index contributed by atoms with van der Waals surface area (Å²) in [6, 6.07) is 21.4. The molecule has 174 valence electrons. The number of nitrogens with one attached hydrogen (secondary N) is 1. The highest BCUT2D eigenvalue weighted by atomic mass is 35.5. The van der Waals surface area contributed by atoms with Gasteiger partial charge < -0.3 is 22.5 Å². The standard InChI is InChI=1S/C27H23ClN2O3.ClH/c1-33-24-12-5-2-7-19(24)26-25-21(9-6-11-23(25)31)29-20-8-3-4-10-22(20)30(26)27(32)17-13-15-18(28)16-14-17;/h2-5,7-8,10,12-16,26,29H,6,9,11H2,1H3;1H/p-1. The van der Waals surface area contributed by atoms with Crippen molar-refractivity contribution in [3.05, 3.63) is 100 Å². The maximum absolute atomic E-state index is 14.1. The van der Waals surface area contributed by atoms with Gasteiger partial charge in [-0.05, 0) is 55.3 Å². The zero-order valence-corrected chi connectivity index (χ0v) is 20.1. The molecule has 1 atom stereocenters. The third kappa shape index (κ3) is 4.17. The van der Waals surface area contributed by atoms with E-state index in [1.54, 1.807) is 36.3 Å². The Hall–Kier alpha value is -3.28. The summed E-state index contributed by atoms with van der Waals surface area (Å²) < 4.78 is 5.68. The van der Waals surface area contributed by atoms with E-state index in [2.05, 4.69) is 5.32 Å². The number of rotatable bonds is 3. The minimum Gasteiger partial charge on any atom is -1.00 e. The zero-order valence-electron chi connectivity index (χ0n) is 18.6. The predicted octanol–water partition coefficient (Wildman–Crippen LogP) is 3.17. The van der Waals surface area contributed by atoms with E-state index in [-0.39, 0.29) is 24.1 Å². The maximum Gasteiger partial charge on any atom is 0.259 e. The highest BCUT2D eigenvalue weighted by Gasteiger charge is 2.40. The second-order valence-electron chi connectivity index (χ2n) is 8.14. The van der Waals surface area contributed by atoms with Crippen LogP contribution in [-0.4, -0.2) is 18.8 Å². The van der Waals surface area contributed by atoms with E-state index in [1.165, 1.54) is 0 Å². The number of hydrogen-bond acceptors (Lipinski definition) is 4. The quantitative estimate of drug-likeness (QED) is 0.608. The molecule has 7 heteroatoms. The Morgan fingerprint density at radius 1 is 1.00 bits per heavy atom. The van der Waals surface area contributed by atoms with Gasteiger partial charge in [0.25, 0.3) is 5.91 Å². The van der Waals surface area contributed by atoms with Crippen LogP contribution in [0.3, 0.4) is 0 Å². The Balaban J connectivity index is 0.00000274. The van der Waals surface area contributed by atoms with E-state index >= 15 is 0 Å². The average Bonchev–Trinajstić information content (AvgIpc) is 2.99. The fraction of sp³-hybridized carbons (Fsp3) is 0.185. The van der Waals surface area contributed by atoms with Gasteiger partial charge in [-0.15, -0.1) is 0 Å². The number of fused-ring (bicyclic) bond motifs is 1. The number of carbonyl (C=O) groups excluding carboxylic acids is 2. The van der Waals surface area contributed by atoms with Gasteiger partial charge in [-0.25, -0.2) is 0 Å².